The zero-order valence-corrected chi connectivity index (χ0v) is 11.0. The van der Waals surface area contributed by atoms with Gasteiger partial charge in [-0.05, 0) is 32.4 Å². The van der Waals surface area contributed by atoms with Crippen molar-refractivity contribution in [3.63, 3.8) is 0 Å². The lowest BCUT2D eigenvalue weighted by atomic mass is 9.94. The first kappa shape index (κ1) is 13.1. The van der Waals surface area contributed by atoms with E-state index in [4.69, 9.17) is 16.3 Å². The number of nitro groups is 1. The average Bonchev–Trinajstić information content (AvgIpc) is 2.58. The number of hydrogen-bond donors (Lipinski definition) is 1. The minimum atomic E-state index is -0.414. The first-order valence-corrected chi connectivity index (χ1v) is 6.14. The largest absolute Gasteiger partial charge is 0.376 e. The maximum Gasteiger partial charge on any atom is 0.292 e. The first-order chi connectivity index (χ1) is 8.42. The molecule has 0 aliphatic carbocycles. The van der Waals surface area contributed by atoms with E-state index in [1.54, 1.807) is 6.07 Å². The molecule has 1 saturated heterocycles. The molecule has 1 aliphatic rings. The van der Waals surface area contributed by atoms with Gasteiger partial charge in [0.2, 0.25) is 0 Å². The number of benzene rings is 1. The predicted molar refractivity (Wildman–Crippen MR) is 70.2 cm³/mol. The second-order valence-corrected chi connectivity index (χ2v) is 5.16. The summed E-state index contributed by atoms with van der Waals surface area (Å²) in [6.07, 6.45) is 0.800. The Bertz CT molecular complexity index is 480. The van der Waals surface area contributed by atoms with Gasteiger partial charge in [-0.15, -0.1) is 0 Å². The van der Waals surface area contributed by atoms with Gasteiger partial charge in [-0.2, -0.15) is 0 Å². The van der Waals surface area contributed by atoms with E-state index < -0.39 is 4.92 Å². The molecule has 98 valence electrons. The highest BCUT2D eigenvalue weighted by molar-refractivity contribution is 6.31. The number of ether oxygens (including phenoxy) is 1. The van der Waals surface area contributed by atoms with E-state index in [1.165, 1.54) is 12.1 Å². The third-order valence-electron chi connectivity index (χ3n) is 3.46. The van der Waals surface area contributed by atoms with Crippen molar-refractivity contribution in [2.75, 3.05) is 11.9 Å². The van der Waals surface area contributed by atoms with E-state index >= 15 is 0 Å². The summed E-state index contributed by atoms with van der Waals surface area (Å²) >= 11 is 5.89. The topological polar surface area (TPSA) is 64.4 Å². The summed E-state index contributed by atoms with van der Waals surface area (Å²) in [7, 11) is 0. The summed E-state index contributed by atoms with van der Waals surface area (Å²) in [6.45, 7) is 4.60. The fraction of sp³-hybridized carbons (Fsp3) is 0.500. The maximum atomic E-state index is 11.0. The summed E-state index contributed by atoms with van der Waals surface area (Å²) in [5.41, 5.74) is 0.155. The molecule has 0 spiro atoms. The summed E-state index contributed by atoms with van der Waals surface area (Å²) in [5, 5.41) is 14.7. The van der Waals surface area contributed by atoms with E-state index in [9.17, 15) is 10.1 Å². The number of halogens is 1. The monoisotopic (exact) mass is 270 g/mol. The standard InChI is InChI=1S/C12H15ClN2O3/c1-8-12(2,5-6-18-8)14-10-7-9(13)3-4-11(10)15(16)17/h3-4,7-8,14H,5-6H2,1-2H3. The lowest BCUT2D eigenvalue weighted by Gasteiger charge is -2.29. The highest BCUT2D eigenvalue weighted by Crippen LogP contribution is 2.35. The van der Waals surface area contributed by atoms with Crippen molar-refractivity contribution in [3.05, 3.63) is 33.3 Å². The molecule has 1 heterocycles. The minimum Gasteiger partial charge on any atom is -0.376 e. The quantitative estimate of drug-likeness (QED) is 0.676. The SMILES string of the molecule is CC1OCCC1(C)Nc1cc(Cl)ccc1[N+](=O)[O-]. The van der Waals surface area contributed by atoms with Crippen molar-refractivity contribution >= 4 is 23.0 Å². The molecule has 1 aromatic rings. The van der Waals surface area contributed by atoms with Crippen molar-refractivity contribution in [2.45, 2.75) is 31.9 Å². The van der Waals surface area contributed by atoms with Crippen molar-refractivity contribution < 1.29 is 9.66 Å². The molecule has 5 nitrogen and oxygen atoms in total. The third-order valence-corrected chi connectivity index (χ3v) is 3.70. The summed E-state index contributed by atoms with van der Waals surface area (Å²) in [6, 6.07) is 4.51. The van der Waals surface area contributed by atoms with E-state index in [0.717, 1.165) is 6.42 Å². The van der Waals surface area contributed by atoms with Crippen molar-refractivity contribution in [1.29, 1.82) is 0 Å². The van der Waals surface area contributed by atoms with Crippen molar-refractivity contribution in [3.8, 4) is 0 Å². The zero-order chi connectivity index (χ0) is 13.3. The van der Waals surface area contributed by atoms with E-state index in [0.29, 0.717) is 17.3 Å². The van der Waals surface area contributed by atoms with Crippen LogP contribution < -0.4 is 5.32 Å². The fourth-order valence-corrected chi connectivity index (χ4v) is 2.25. The smallest absolute Gasteiger partial charge is 0.292 e. The van der Waals surface area contributed by atoms with Gasteiger partial charge < -0.3 is 10.1 Å². The Morgan fingerprint density at radius 2 is 2.33 bits per heavy atom. The lowest BCUT2D eigenvalue weighted by Crippen LogP contribution is -2.41. The summed E-state index contributed by atoms with van der Waals surface area (Å²) in [4.78, 5) is 10.6. The number of nitro benzene ring substituents is 1. The summed E-state index contributed by atoms with van der Waals surface area (Å²) < 4.78 is 5.51. The van der Waals surface area contributed by atoms with Crippen LogP contribution in [0.3, 0.4) is 0 Å². The molecule has 18 heavy (non-hydrogen) atoms. The molecule has 1 aliphatic heterocycles. The van der Waals surface area contributed by atoms with Crippen molar-refractivity contribution in [1.82, 2.24) is 0 Å². The molecule has 2 atom stereocenters. The van der Waals surface area contributed by atoms with Crippen LogP contribution in [-0.2, 0) is 4.74 Å². The Morgan fingerprint density at radius 1 is 1.61 bits per heavy atom. The van der Waals surface area contributed by atoms with Gasteiger partial charge >= 0.3 is 0 Å². The highest BCUT2D eigenvalue weighted by atomic mass is 35.5. The second-order valence-electron chi connectivity index (χ2n) is 4.72. The molecule has 0 radical (unpaired) electrons. The maximum absolute atomic E-state index is 11.0. The van der Waals surface area contributed by atoms with Gasteiger partial charge in [0.15, 0.2) is 0 Å². The van der Waals surface area contributed by atoms with Crippen LogP contribution >= 0.6 is 11.6 Å². The Labute approximate surface area is 110 Å². The number of rotatable bonds is 3. The van der Waals surface area contributed by atoms with Gasteiger partial charge in [0.25, 0.3) is 5.69 Å². The van der Waals surface area contributed by atoms with Crippen LogP contribution in [0.5, 0.6) is 0 Å². The Morgan fingerprint density at radius 3 is 2.89 bits per heavy atom. The molecule has 0 saturated carbocycles. The third kappa shape index (κ3) is 2.42. The molecule has 0 amide bonds. The molecule has 0 aromatic heterocycles. The molecule has 1 fully saturated rings. The predicted octanol–water partition coefficient (Wildman–Crippen LogP) is 3.23. The molecule has 0 bridgehead atoms. The Kier molecular flexibility index (Phi) is 3.45. The number of nitrogens with zero attached hydrogens (tertiary/aromatic N) is 1. The van der Waals surface area contributed by atoms with Crippen molar-refractivity contribution in [2.24, 2.45) is 0 Å². The molecular weight excluding hydrogens is 256 g/mol. The zero-order valence-electron chi connectivity index (χ0n) is 10.3. The fourth-order valence-electron chi connectivity index (χ4n) is 2.07. The number of nitrogens with one attached hydrogen (secondary N) is 1. The average molecular weight is 271 g/mol. The van der Waals surface area contributed by atoms with E-state index in [-0.39, 0.29) is 17.3 Å². The Balaban J connectivity index is 2.33. The minimum absolute atomic E-state index is 0.00362. The van der Waals surface area contributed by atoms with Gasteiger partial charge in [0, 0.05) is 17.7 Å². The van der Waals surface area contributed by atoms with Gasteiger partial charge in [0.05, 0.1) is 16.6 Å². The Hall–Kier alpha value is -1.33. The summed E-state index contributed by atoms with van der Waals surface area (Å²) in [5.74, 6) is 0. The van der Waals surface area contributed by atoms with Crippen LogP contribution in [0.4, 0.5) is 11.4 Å². The molecule has 1 aromatic carbocycles. The van der Waals surface area contributed by atoms with Gasteiger partial charge in [0.1, 0.15) is 5.69 Å². The molecular formula is C12H15ClN2O3. The number of hydrogen-bond acceptors (Lipinski definition) is 4. The lowest BCUT2D eigenvalue weighted by molar-refractivity contribution is -0.384. The highest BCUT2D eigenvalue weighted by Gasteiger charge is 2.38. The second kappa shape index (κ2) is 4.74. The first-order valence-electron chi connectivity index (χ1n) is 5.76. The molecule has 2 unspecified atom stereocenters. The van der Waals surface area contributed by atoms with Gasteiger partial charge in [-0.25, -0.2) is 0 Å². The molecule has 1 N–H and O–H groups in total. The van der Waals surface area contributed by atoms with Crippen LogP contribution in [0.1, 0.15) is 20.3 Å². The van der Waals surface area contributed by atoms with E-state index in [2.05, 4.69) is 5.32 Å². The number of anilines is 1. The van der Waals surface area contributed by atoms with Gasteiger partial charge in [-0.1, -0.05) is 11.6 Å². The van der Waals surface area contributed by atoms with Gasteiger partial charge in [-0.3, -0.25) is 10.1 Å². The van der Waals surface area contributed by atoms with Crippen LogP contribution in [-0.4, -0.2) is 23.2 Å². The van der Waals surface area contributed by atoms with Crippen LogP contribution in [0.25, 0.3) is 0 Å². The van der Waals surface area contributed by atoms with E-state index in [1.807, 2.05) is 13.8 Å². The normalized spacial score (nSPS) is 27.2. The molecule has 2 rings (SSSR count). The van der Waals surface area contributed by atoms with Crippen LogP contribution in [0, 0.1) is 10.1 Å². The van der Waals surface area contributed by atoms with Crippen LogP contribution in [0.15, 0.2) is 18.2 Å². The molecule has 6 heteroatoms. The van der Waals surface area contributed by atoms with Crippen LogP contribution in [0.2, 0.25) is 5.02 Å².